The molecule has 2 aromatic heterocycles. The molecule has 0 spiro atoms. The number of hydrogen-bond acceptors (Lipinski definition) is 4. The van der Waals surface area contributed by atoms with Crippen molar-refractivity contribution in [3.63, 3.8) is 0 Å². The summed E-state index contributed by atoms with van der Waals surface area (Å²) >= 11 is 0. The number of rotatable bonds is 4. The number of anilines is 2. The zero-order valence-electron chi connectivity index (χ0n) is 15.5. The fraction of sp³-hybridized carbons (Fsp3) is 0.300. The highest BCUT2D eigenvalue weighted by atomic mass is 16.2. The van der Waals surface area contributed by atoms with Crippen LogP contribution < -0.4 is 10.6 Å². The normalized spacial score (nSPS) is 13.6. The molecule has 1 fully saturated rings. The molecule has 0 atom stereocenters. The number of hydrogen-bond donors (Lipinski definition) is 2. The summed E-state index contributed by atoms with van der Waals surface area (Å²) < 4.78 is 1.73. The van der Waals surface area contributed by atoms with Gasteiger partial charge in [-0.3, -0.25) is 14.3 Å². The Morgan fingerprint density at radius 3 is 2.52 bits per heavy atom. The fourth-order valence-electron chi connectivity index (χ4n) is 3.31. The van der Waals surface area contributed by atoms with Gasteiger partial charge in [-0.2, -0.15) is 5.10 Å². The summed E-state index contributed by atoms with van der Waals surface area (Å²) in [6.45, 7) is 3.33. The molecular formula is C20H21N5O2. The molecule has 3 aromatic rings. The van der Waals surface area contributed by atoms with Gasteiger partial charge in [0.25, 0.3) is 5.91 Å². The summed E-state index contributed by atoms with van der Waals surface area (Å²) in [5.74, 6) is 0.0639. The van der Waals surface area contributed by atoms with Crippen molar-refractivity contribution in [3.8, 4) is 0 Å². The van der Waals surface area contributed by atoms with E-state index in [4.69, 9.17) is 4.98 Å². The molecule has 138 valence electrons. The molecule has 7 heteroatoms. The molecule has 2 heterocycles. The first kappa shape index (κ1) is 17.2. The van der Waals surface area contributed by atoms with Crippen molar-refractivity contribution in [1.82, 2.24) is 14.8 Å². The van der Waals surface area contributed by atoms with Crippen LogP contribution in [0.5, 0.6) is 0 Å². The number of carbonyl (C=O) groups is 2. The number of nitrogens with one attached hydrogen (secondary N) is 2. The van der Waals surface area contributed by atoms with Gasteiger partial charge in [0, 0.05) is 37.0 Å². The number of nitrogens with zero attached hydrogens (tertiary/aromatic N) is 3. The van der Waals surface area contributed by atoms with E-state index < -0.39 is 0 Å². The van der Waals surface area contributed by atoms with Crippen LogP contribution in [0.25, 0.3) is 11.0 Å². The molecule has 4 rings (SSSR count). The third kappa shape index (κ3) is 3.40. The van der Waals surface area contributed by atoms with Crippen molar-refractivity contribution in [2.75, 3.05) is 10.6 Å². The van der Waals surface area contributed by atoms with Crippen molar-refractivity contribution >= 4 is 34.2 Å². The van der Waals surface area contributed by atoms with E-state index >= 15 is 0 Å². The van der Waals surface area contributed by atoms with Crippen LogP contribution in [0.3, 0.4) is 0 Å². The lowest BCUT2D eigenvalue weighted by Gasteiger charge is -2.10. The second-order valence-corrected chi connectivity index (χ2v) is 6.99. The molecule has 0 aliphatic heterocycles. The SMILES string of the molecule is CC(=O)Nc1cccc(NC(=O)c2cc(C3CC3)nc3c2c(C)nn3C)c1. The van der Waals surface area contributed by atoms with Crippen LogP contribution in [0.2, 0.25) is 0 Å². The van der Waals surface area contributed by atoms with Crippen molar-refractivity contribution in [2.24, 2.45) is 7.05 Å². The van der Waals surface area contributed by atoms with Crippen LogP contribution in [0, 0.1) is 6.92 Å². The predicted molar refractivity (Wildman–Crippen MR) is 104 cm³/mol. The van der Waals surface area contributed by atoms with E-state index in [2.05, 4.69) is 15.7 Å². The highest BCUT2D eigenvalue weighted by molar-refractivity contribution is 6.13. The zero-order chi connectivity index (χ0) is 19.1. The highest BCUT2D eigenvalue weighted by Crippen LogP contribution is 2.40. The van der Waals surface area contributed by atoms with Crippen LogP contribution in [-0.2, 0) is 11.8 Å². The topological polar surface area (TPSA) is 88.9 Å². The van der Waals surface area contributed by atoms with Gasteiger partial charge < -0.3 is 10.6 Å². The standard InChI is InChI=1S/C20H21N5O2/c1-11-18-16(10-17(13-7-8-13)23-19(18)25(3)24-11)20(27)22-15-6-4-5-14(9-15)21-12(2)26/h4-6,9-10,13H,7-8H2,1-3H3,(H,21,26)(H,22,27). The Morgan fingerprint density at radius 2 is 1.85 bits per heavy atom. The Balaban J connectivity index is 1.71. The molecule has 1 aliphatic carbocycles. The van der Waals surface area contributed by atoms with E-state index in [1.54, 1.807) is 28.9 Å². The molecule has 2 N–H and O–H groups in total. The minimum absolute atomic E-state index is 0.158. The number of fused-ring (bicyclic) bond motifs is 1. The Morgan fingerprint density at radius 1 is 1.15 bits per heavy atom. The van der Waals surface area contributed by atoms with E-state index in [1.807, 2.05) is 20.0 Å². The molecule has 27 heavy (non-hydrogen) atoms. The van der Waals surface area contributed by atoms with Crippen molar-refractivity contribution < 1.29 is 9.59 Å². The summed E-state index contributed by atoms with van der Waals surface area (Å²) in [5, 5.41) is 10.9. The first-order valence-corrected chi connectivity index (χ1v) is 8.95. The van der Waals surface area contributed by atoms with E-state index in [0.717, 1.165) is 35.3 Å². The molecule has 0 unspecified atom stereocenters. The molecule has 0 saturated heterocycles. The van der Waals surface area contributed by atoms with Crippen LogP contribution >= 0.6 is 0 Å². The molecule has 2 amide bonds. The number of amides is 2. The van der Waals surface area contributed by atoms with Gasteiger partial charge in [-0.1, -0.05) is 6.07 Å². The average Bonchev–Trinajstić information content (AvgIpc) is 3.41. The molecule has 0 bridgehead atoms. The van der Waals surface area contributed by atoms with Crippen molar-refractivity contribution in [1.29, 1.82) is 0 Å². The second-order valence-electron chi connectivity index (χ2n) is 6.99. The van der Waals surface area contributed by atoms with E-state index in [1.165, 1.54) is 6.92 Å². The van der Waals surface area contributed by atoms with Crippen LogP contribution in [-0.4, -0.2) is 26.6 Å². The Kier molecular flexibility index (Phi) is 4.14. The minimum atomic E-state index is -0.208. The van der Waals surface area contributed by atoms with Crippen molar-refractivity contribution in [2.45, 2.75) is 32.6 Å². The quantitative estimate of drug-likeness (QED) is 0.744. The first-order chi connectivity index (χ1) is 12.9. The Bertz CT molecular complexity index is 1070. The maximum atomic E-state index is 13.1. The lowest BCUT2D eigenvalue weighted by Crippen LogP contribution is -2.14. The Labute approximate surface area is 156 Å². The van der Waals surface area contributed by atoms with Crippen LogP contribution in [0.4, 0.5) is 11.4 Å². The monoisotopic (exact) mass is 363 g/mol. The van der Waals surface area contributed by atoms with Gasteiger partial charge >= 0.3 is 0 Å². The first-order valence-electron chi connectivity index (χ1n) is 8.95. The van der Waals surface area contributed by atoms with Crippen molar-refractivity contribution in [3.05, 3.63) is 47.3 Å². The Hall–Kier alpha value is -3.22. The van der Waals surface area contributed by atoms with E-state index in [9.17, 15) is 9.59 Å². The highest BCUT2D eigenvalue weighted by Gasteiger charge is 2.28. The summed E-state index contributed by atoms with van der Waals surface area (Å²) in [6, 6.07) is 8.98. The summed E-state index contributed by atoms with van der Waals surface area (Å²) in [7, 11) is 1.84. The molecule has 0 radical (unpaired) electrons. The summed E-state index contributed by atoms with van der Waals surface area (Å²) in [4.78, 5) is 29.0. The average molecular weight is 363 g/mol. The number of aryl methyl sites for hydroxylation is 2. The lowest BCUT2D eigenvalue weighted by atomic mass is 10.1. The molecule has 1 aliphatic rings. The van der Waals surface area contributed by atoms with Crippen LogP contribution in [0.1, 0.15) is 47.4 Å². The largest absolute Gasteiger partial charge is 0.326 e. The molecule has 1 aromatic carbocycles. The minimum Gasteiger partial charge on any atom is -0.326 e. The predicted octanol–water partition coefficient (Wildman–Crippen LogP) is 3.36. The smallest absolute Gasteiger partial charge is 0.256 e. The number of pyridine rings is 1. The summed E-state index contributed by atoms with van der Waals surface area (Å²) in [6.07, 6.45) is 2.21. The maximum Gasteiger partial charge on any atom is 0.256 e. The van der Waals surface area contributed by atoms with Gasteiger partial charge in [0.1, 0.15) is 0 Å². The lowest BCUT2D eigenvalue weighted by molar-refractivity contribution is -0.114. The third-order valence-corrected chi connectivity index (χ3v) is 4.67. The van der Waals surface area contributed by atoms with Gasteiger partial charge in [-0.05, 0) is 44.0 Å². The zero-order valence-corrected chi connectivity index (χ0v) is 15.5. The second kappa shape index (κ2) is 6.50. The van der Waals surface area contributed by atoms with Crippen LogP contribution in [0.15, 0.2) is 30.3 Å². The van der Waals surface area contributed by atoms with Gasteiger partial charge in [-0.25, -0.2) is 4.98 Å². The molecular weight excluding hydrogens is 342 g/mol. The number of aromatic nitrogens is 3. The molecule has 7 nitrogen and oxygen atoms in total. The number of carbonyl (C=O) groups excluding carboxylic acids is 2. The van der Waals surface area contributed by atoms with E-state index in [0.29, 0.717) is 22.9 Å². The van der Waals surface area contributed by atoms with Gasteiger partial charge in [0.2, 0.25) is 5.91 Å². The van der Waals surface area contributed by atoms with E-state index in [-0.39, 0.29) is 11.8 Å². The maximum absolute atomic E-state index is 13.1. The van der Waals surface area contributed by atoms with Gasteiger partial charge in [0.05, 0.1) is 16.6 Å². The fourth-order valence-corrected chi connectivity index (χ4v) is 3.31. The number of benzene rings is 1. The third-order valence-electron chi connectivity index (χ3n) is 4.67. The summed E-state index contributed by atoms with van der Waals surface area (Å²) in [5.41, 5.74) is 4.29. The van der Waals surface area contributed by atoms with Gasteiger partial charge in [-0.15, -0.1) is 0 Å². The molecule has 1 saturated carbocycles. The van der Waals surface area contributed by atoms with Gasteiger partial charge in [0.15, 0.2) is 5.65 Å².